The molecule has 0 radical (unpaired) electrons. The van der Waals surface area contributed by atoms with Crippen molar-refractivity contribution < 1.29 is 9.18 Å². The molecule has 28 heavy (non-hydrogen) atoms. The summed E-state index contributed by atoms with van der Waals surface area (Å²) < 4.78 is 15.4. The Bertz CT molecular complexity index is 990. The second kappa shape index (κ2) is 7.93. The standard InChI is InChI=1S/C20H25FN6O/c1-12-19(13(2)27(5)25-12)16-10-17(24-23-16)20(28)22-11-18(26(3)4)14-7-6-8-15(21)9-14/h6-10,18H,11H2,1-5H3,(H,22,28)(H,23,24). The van der Waals surface area contributed by atoms with Crippen molar-refractivity contribution in [1.82, 2.24) is 30.2 Å². The Morgan fingerprint density at radius 2 is 2.07 bits per heavy atom. The highest BCUT2D eigenvalue weighted by Gasteiger charge is 2.19. The number of hydrogen-bond acceptors (Lipinski definition) is 4. The summed E-state index contributed by atoms with van der Waals surface area (Å²) in [7, 11) is 5.66. The summed E-state index contributed by atoms with van der Waals surface area (Å²) >= 11 is 0. The van der Waals surface area contributed by atoms with Crippen LogP contribution in [0.2, 0.25) is 0 Å². The van der Waals surface area contributed by atoms with Crippen LogP contribution in [0.15, 0.2) is 30.3 Å². The number of hydrogen-bond donors (Lipinski definition) is 2. The van der Waals surface area contributed by atoms with Gasteiger partial charge in [-0.1, -0.05) is 12.1 Å². The normalized spacial score (nSPS) is 12.4. The van der Waals surface area contributed by atoms with E-state index in [1.807, 2.05) is 46.0 Å². The molecular weight excluding hydrogens is 359 g/mol. The van der Waals surface area contributed by atoms with Gasteiger partial charge in [-0.05, 0) is 51.7 Å². The van der Waals surface area contributed by atoms with Crippen LogP contribution in [-0.2, 0) is 7.05 Å². The average Bonchev–Trinajstić information content (AvgIpc) is 3.20. The molecule has 0 bridgehead atoms. The Morgan fingerprint density at radius 3 is 2.68 bits per heavy atom. The van der Waals surface area contributed by atoms with Crippen LogP contribution in [0.5, 0.6) is 0 Å². The number of halogens is 1. The highest BCUT2D eigenvalue weighted by Crippen LogP contribution is 2.25. The predicted octanol–water partition coefficient (Wildman–Crippen LogP) is 2.60. The van der Waals surface area contributed by atoms with Crippen molar-refractivity contribution in [3.05, 3.63) is 58.8 Å². The lowest BCUT2D eigenvalue weighted by molar-refractivity contribution is 0.0937. The molecule has 0 spiro atoms. The zero-order valence-electron chi connectivity index (χ0n) is 16.7. The number of rotatable bonds is 6. The molecule has 8 heteroatoms. The summed E-state index contributed by atoms with van der Waals surface area (Å²) in [6.45, 7) is 4.22. The van der Waals surface area contributed by atoms with E-state index in [4.69, 9.17) is 0 Å². The monoisotopic (exact) mass is 384 g/mol. The van der Waals surface area contributed by atoms with Crippen molar-refractivity contribution in [2.45, 2.75) is 19.9 Å². The van der Waals surface area contributed by atoms with Gasteiger partial charge < -0.3 is 10.2 Å². The quantitative estimate of drug-likeness (QED) is 0.685. The Morgan fingerprint density at radius 1 is 1.32 bits per heavy atom. The van der Waals surface area contributed by atoms with Crippen molar-refractivity contribution >= 4 is 5.91 Å². The number of benzene rings is 1. The number of nitrogens with one attached hydrogen (secondary N) is 2. The van der Waals surface area contributed by atoms with Gasteiger partial charge in [0, 0.05) is 24.8 Å². The van der Waals surface area contributed by atoms with Crippen LogP contribution in [-0.4, -0.2) is 51.4 Å². The molecule has 3 aromatic rings. The number of carbonyl (C=O) groups is 1. The summed E-state index contributed by atoms with van der Waals surface area (Å²) in [6.07, 6.45) is 0. The van der Waals surface area contributed by atoms with Crippen LogP contribution in [0.1, 0.15) is 33.5 Å². The first-order chi connectivity index (χ1) is 13.3. The van der Waals surface area contributed by atoms with Gasteiger partial charge in [-0.15, -0.1) is 0 Å². The lowest BCUT2D eigenvalue weighted by Crippen LogP contribution is -2.34. The summed E-state index contributed by atoms with van der Waals surface area (Å²) in [5.41, 5.74) is 4.62. The van der Waals surface area contributed by atoms with Crippen molar-refractivity contribution in [2.75, 3.05) is 20.6 Å². The van der Waals surface area contributed by atoms with Crippen LogP contribution in [0, 0.1) is 19.7 Å². The number of aryl methyl sites for hydroxylation is 2. The summed E-state index contributed by atoms with van der Waals surface area (Å²) in [4.78, 5) is 14.5. The molecule has 0 aliphatic carbocycles. The number of likely N-dealkylation sites (N-methyl/N-ethyl adjacent to an activating group) is 1. The minimum atomic E-state index is -0.295. The molecule has 1 unspecified atom stereocenters. The van der Waals surface area contributed by atoms with Crippen LogP contribution < -0.4 is 5.32 Å². The van der Waals surface area contributed by atoms with Crippen molar-refractivity contribution in [3.8, 4) is 11.3 Å². The van der Waals surface area contributed by atoms with Gasteiger partial charge >= 0.3 is 0 Å². The minimum absolute atomic E-state index is 0.148. The molecule has 1 aromatic carbocycles. The van der Waals surface area contributed by atoms with Crippen molar-refractivity contribution in [3.63, 3.8) is 0 Å². The Balaban J connectivity index is 1.74. The van der Waals surface area contributed by atoms with E-state index in [0.29, 0.717) is 17.9 Å². The maximum Gasteiger partial charge on any atom is 0.269 e. The fourth-order valence-electron chi connectivity index (χ4n) is 3.31. The van der Waals surface area contributed by atoms with Gasteiger partial charge in [0.1, 0.15) is 11.5 Å². The van der Waals surface area contributed by atoms with E-state index in [0.717, 1.165) is 22.5 Å². The first kappa shape index (κ1) is 19.8. The van der Waals surface area contributed by atoms with E-state index in [-0.39, 0.29) is 17.8 Å². The first-order valence-electron chi connectivity index (χ1n) is 9.04. The molecule has 2 N–H and O–H groups in total. The van der Waals surface area contributed by atoms with E-state index in [1.54, 1.807) is 16.8 Å². The fraction of sp³-hybridized carbons (Fsp3) is 0.350. The number of nitrogens with zero attached hydrogens (tertiary/aromatic N) is 4. The maximum atomic E-state index is 13.6. The second-order valence-corrected chi connectivity index (χ2v) is 7.08. The Hall–Kier alpha value is -3.00. The number of aromatic amines is 1. The van der Waals surface area contributed by atoms with Gasteiger partial charge in [0.05, 0.1) is 17.4 Å². The van der Waals surface area contributed by atoms with E-state index < -0.39 is 0 Å². The zero-order valence-corrected chi connectivity index (χ0v) is 16.7. The molecule has 7 nitrogen and oxygen atoms in total. The summed E-state index contributed by atoms with van der Waals surface area (Å²) in [5, 5.41) is 14.4. The van der Waals surface area contributed by atoms with Gasteiger partial charge in [-0.3, -0.25) is 14.6 Å². The Labute approximate surface area is 163 Å². The van der Waals surface area contributed by atoms with E-state index in [9.17, 15) is 9.18 Å². The molecule has 2 heterocycles. The Kier molecular flexibility index (Phi) is 5.60. The molecule has 2 aromatic heterocycles. The van der Waals surface area contributed by atoms with Crippen molar-refractivity contribution in [2.24, 2.45) is 7.05 Å². The maximum absolute atomic E-state index is 13.6. The number of H-pyrrole nitrogens is 1. The highest BCUT2D eigenvalue weighted by atomic mass is 19.1. The SMILES string of the molecule is Cc1nn(C)c(C)c1-c1cc(C(=O)NCC(c2cccc(F)c2)N(C)C)[nH]n1. The molecule has 1 atom stereocenters. The number of aromatic nitrogens is 4. The van der Waals surface area contributed by atoms with E-state index >= 15 is 0 Å². The average molecular weight is 384 g/mol. The molecule has 0 saturated heterocycles. The topological polar surface area (TPSA) is 78.8 Å². The largest absolute Gasteiger partial charge is 0.349 e. The zero-order chi connectivity index (χ0) is 20.4. The molecule has 1 amide bonds. The van der Waals surface area contributed by atoms with E-state index in [1.165, 1.54) is 12.1 Å². The highest BCUT2D eigenvalue weighted by molar-refractivity contribution is 5.93. The van der Waals surface area contributed by atoms with Crippen LogP contribution in [0.3, 0.4) is 0 Å². The minimum Gasteiger partial charge on any atom is -0.349 e. The van der Waals surface area contributed by atoms with Crippen LogP contribution in [0.25, 0.3) is 11.3 Å². The second-order valence-electron chi connectivity index (χ2n) is 7.08. The molecule has 0 aliphatic heterocycles. The summed E-state index contributed by atoms with van der Waals surface area (Å²) in [6, 6.07) is 7.98. The van der Waals surface area contributed by atoms with Crippen LogP contribution in [0.4, 0.5) is 4.39 Å². The van der Waals surface area contributed by atoms with E-state index in [2.05, 4.69) is 20.6 Å². The number of amides is 1. The molecule has 0 aliphatic rings. The third-order valence-corrected chi connectivity index (χ3v) is 4.90. The number of carbonyl (C=O) groups excluding carboxylic acids is 1. The van der Waals surface area contributed by atoms with Gasteiger partial charge in [-0.25, -0.2) is 4.39 Å². The lowest BCUT2D eigenvalue weighted by atomic mass is 10.1. The first-order valence-corrected chi connectivity index (χ1v) is 9.04. The third-order valence-electron chi connectivity index (χ3n) is 4.90. The fourth-order valence-corrected chi connectivity index (χ4v) is 3.31. The van der Waals surface area contributed by atoms with Gasteiger partial charge in [0.25, 0.3) is 5.91 Å². The van der Waals surface area contributed by atoms with Gasteiger partial charge in [0.15, 0.2) is 0 Å². The smallest absolute Gasteiger partial charge is 0.269 e. The van der Waals surface area contributed by atoms with Crippen LogP contribution >= 0.6 is 0 Å². The molecule has 0 fully saturated rings. The molecule has 3 rings (SSSR count). The summed E-state index contributed by atoms with van der Waals surface area (Å²) in [5.74, 6) is -0.558. The molecule has 148 valence electrons. The third kappa shape index (κ3) is 3.96. The van der Waals surface area contributed by atoms with Gasteiger partial charge in [-0.2, -0.15) is 10.2 Å². The predicted molar refractivity (Wildman–Crippen MR) is 105 cm³/mol. The van der Waals surface area contributed by atoms with Gasteiger partial charge in [0.2, 0.25) is 0 Å². The molecule has 0 saturated carbocycles. The van der Waals surface area contributed by atoms with Crippen molar-refractivity contribution in [1.29, 1.82) is 0 Å². The molecular formula is C20H25FN6O. The lowest BCUT2D eigenvalue weighted by Gasteiger charge is -2.25.